The van der Waals surface area contributed by atoms with Crippen LogP contribution in [0.15, 0.2) is 74.5 Å². The van der Waals surface area contributed by atoms with Crippen molar-refractivity contribution in [2.75, 3.05) is 34.9 Å². The van der Waals surface area contributed by atoms with Crippen LogP contribution in [0, 0.1) is 29.1 Å². The summed E-state index contributed by atoms with van der Waals surface area (Å²) in [5, 5.41) is 6.21. The Kier molecular flexibility index (Phi) is 12.9. The molecule has 3 unspecified atom stereocenters. The maximum atomic E-state index is 14.0. The summed E-state index contributed by atoms with van der Waals surface area (Å²) in [6.07, 6.45) is 4.23. The molecule has 6 rings (SSSR count). The molecule has 14 heteroatoms. The lowest BCUT2D eigenvalue weighted by Crippen LogP contribution is -2.32. The zero-order valence-electron chi connectivity index (χ0n) is 28.7. The van der Waals surface area contributed by atoms with Crippen molar-refractivity contribution in [2.24, 2.45) is 0 Å². The summed E-state index contributed by atoms with van der Waals surface area (Å²) in [4.78, 5) is 25.4. The number of alkyl halides is 1. The molecule has 0 spiro atoms. The summed E-state index contributed by atoms with van der Waals surface area (Å²) in [6.45, 7) is 2.62. The lowest BCUT2D eigenvalue weighted by Gasteiger charge is -2.21. The van der Waals surface area contributed by atoms with Gasteiger partial charge in [-0.3, -0.25) is 9.59 Å². The molecule has 3 atom stereocenters. The van der Waals surface area contributed by atoms with Gasteiger partial charge in [-0.2, -0.15) is 0 Å². The maximum absolute atomic E-state index is 14.0. The van der Waals surface area contributed by atoms with Crippen molar-refractivity contribution in [1.29, 1.82) is 0 Å². The molecule has 3 aromatic carbocycles. The first-order valence-corrected chi connectivity index (χ1v) is 15.8. The number of furan rings is 3. The zero-order valence-corrected chi connectivity index (χ0v) is 28.7. The molecule has 2 N–H and O–H groups in total. The van der Waals surface area contributed by atoms with E-state index < -0.39 is 59.2 Å². The minimum absolute atomic E-state index is 0.0381. The van der Waals surface area contributed by atoms with Gasteiger partial charge in [-0.1, -0.05) is 12.1 Å². The van der Waals surface area contributed by atoms with E-state index in [0.29, 0.717) is 12.0 Å². The van der Waals surface area contributed by atoms with Gasteiger partial charge < -0.3 is 28.8 Å². The van der Waals surface area contributed by atoms with Crippen molar-refractivity contribution >= 4 is 44.5 Å². The Hall–Kier alpha value is -4.92. The fraction of sp³-hybridized carbons (Fsp3) is 0.297. The van der Waals surface area contributed by atoms with E-state index in [-0.39, 0.29) is 44.9 Å². The van der Waals surface area contributed by atoms with Crippen LogP contribution in [-0.4, -0.2) is 69.5 Å². The first kappa shape index (κ1) is 38.9. The molecular formula is C37H37F6N3O5. The number of hydrogen-bond donors (Lipinski definition) is 2. The first-order chi connectivity index (χ1) is 24.2. The summed E-state index contributed by atoms with van der Waals surface area (Å²) in [7, 11) is 6.69. The average molecular weight is 718 g/mol. The van der Waals surface area contributed by atoms with Crippen LogP contribution in [0.4, 0.5) is 26.3 Å². The predicted octanol–water partition coefficient (Wildman–Crippen LogP) is 8.02. The second kappa shape index (κ2) is 16.9. The standard InChI is InChI=1S/C13H15F2NO.2C12H11F2NO2/c1-16(2)11(8-14)7-10-4-3-9-5-6-17-13(9)12(10)15;1-6(15-2)12(16)10-8(13)5-9-7(11(10)14)3-4-17-9;1-6(15-2)11(16)8-5-9(13)7-3-4-17-12(7)10(8)14/h3-6,11H,7-8H2,1-2H3;2*3-6,15H,1-2H3. The third-order valence-electron chi connectivity index (χ3n) is 8.45. The number of benzene rings is 3. The largest absolute Gasteiger partial charge is 0.464 e. The van der Waals surface area contributed by atoms with Gasteiger partial charge in [0.05, 0.1) is 52.8 Å². The highest BCUT2D eigenvalue weighted by molar-refractivity contribution is 6.03. The molecule has 51 heavy (non-hydrogen) atoms. The van der Waals surface area contributed by atoms with Gasteiger partial charge in [0.15, 0.2) is 34.4 Å². The minimum Gasteiger partial charge on any atom is -0.464 e. The van der Waals surface area contributed by atoms with E-state index in [1.165, 1.54) is 30.9 Å². The molecule has 0 saturated carbocycles. The minimum atomic E-state index is -0.906. The van der Waals surface area contributed by atoms with Gasteiger partial charge in [-0.25, -0.2) is 26.3 Å². The summed E-state index contributed by atoms with van der Waals surface area (Å²) in [5.41, 5.74) is -0.222. The number of fused-ring (bicyclic) bond motifs is 3. The van der Waals surface area contributed by atoms with Crippen molar-refractivity contribution in [3.63, 3.8) is 0 Å². The van der Waals surface area contributed by atoms with E-state index in [4.69, 9.17) is 13.3 Å². The van der Waals surface area contributed by atoms with E-state index in [9.17, 15) is 35.9 Å². The summed E-state index contributed by atoms with van der Waals surface area (Å²) in [5.74, 6) is -4.78. The number of carbonyl (C=O) groups excluding carboxylic acids is 2. The molecule has 0 bridgehead atoms. The van der Waals surface area contributed by atoms with Crippen molar-refractivity contribution in [3.8, 4) is 0 Å². The lowest BCUT2D eigenvalue weighted by molar-refractivity contribution is 0.0941. The Labute approximate surface area is 289 Å². The van der Waals surface area contributed by atoms with Crippen molar-refractivity contribution in [2.45, 2.75) is 38.4 Å². The Morgan fingerprint density at radius 2 is 1.33 bits per heavy atom. The highest BCUT2D eigenvalue weighted by Gasteiger charge is 2.25. The number of nitrogens with zero attached hydrogens (tertiary/aromatic N) is 1. The van der Waals surface area contributed by atoms with Gasteiger partial charge in [0.25, 0.3) is 0 Å². The molecule has 272 valence electrons. The summed E-state index contributed by atoms with van der Waals surface area (Å²) in [6, 6.07) is 8.27. The number of halogens is 6. The van der Waals surface area contributed by atoms with Crippen LogP contribution in [0.2, 0.25) is 0 Å². The van der Waals surface area contributed by atoms with Crippen LogP contribution in [0.5, 0.6) is 0 Å². The molecule has 0 aliphatic heterocycles. The van der Waals surface area contributed by atoms with Gasteiger partial charge in [0.1, 0.15) is 29.7 Å². The topological polar surface area (TPSA) is 101 Å². The van der Waals surface area contributed by atoms with E-state index >= 15 is 0 Å². The number of carbonyl (C=O) groups is 2. The first-order valence-electron chi connectivity index (χ1n) is 15.8. The Morgan fingerprint density at radius 3 is 1.98 bits per heavy atom. The molecule has 3 heterocycles. The SMILES string of the molecule is CN(C)C(CF)Cc1ccc2ccoc2c1F.CNC(C)C(=O)c1c(F)cc2occc2c1F.CNC(C)C(=O)c1cc(F)c2ccoc2c1F. The molecule has 8 nitrogen and oxygen atoms in total. The molecule has 0 amide bonds. The smallest absolute Gasteiger partial charge is 0.185 e. The molecule has 0 radical (unpaired) electrons. The predicted molar refractivity (Wildman–Crippen MR) is 181 cm³/mol. The van der Waals surface area contributed by atoms with Gasteiger partial charge in [-0.15, -0.1) is 0 Å². The number of rotatable bonds is 10. The summed E-state index contributed by atoms with van der Waals surface area (Å²) >= 11 is 0. The van der Waals surface area contributed by atoms with Crippen LogP contribution in [0.3, 0.4) is 0 Å². The van der Waals surface area contributed by atoms with E-state index in [0.717, 1.165) is 17.5 Å². The third-order valence-corrected chi connectivity index (χ3v) is 8.45. The van der Waals surface area contributed by atoms with Gasteiger partial charge in [-0.05, 0) is 78.3 Å². The van der Waals surface area contributed by atoms with Crippen LogP contribution in [0.1, 0.15) is 40.1 Å². The van der Waals surface area contributed by atoms with Gasteiger partial charge in [0.2, 0.25) is 0 Å². The molecule has 0 aliphatic carbocycles. The highest BCUT2D eigenvalue weighted by Crippen LogP contribution is 2.28. The monoisotopic (exact) mass is 717 g/mol. The van der Waals surface area contributed by atoms with Crippen molar-refractivity contribution in [3.05, 3.63) is 107 Å². The number of Topliss-reactive ketones (excluding diaryl/α,β-unsaturated/α-hetero) is 2. The van der Waals surface area contributed by atoms with Gasteiger partial charge >= 0.3 is 0 Å². The second-order valence-electron chi connectivity index (χ2n) is 11.9. The zero-order chi connectivity index (χ0) is 37.6. The Bertz CT molecular complexity index is 2140. The van der Waals surface area contributed by atoms with Crippen molar-refractivity contribution < 1.29 is 49.2 Å². The maximum Gasteiger partial charge on any atom is 0.185 e. The van der Waals surface area contributed by atoms with Crippen LogP contribution in [0.25, 0.3) is 32.9 Å². The Morgan fingerprint density at radius 1 is 0.725 bits per heavy atom. The lowest BCUT2D eigenvalue weighted by atomic mass is 10.0. The fourth-order valence-corrected chi connectivity index (χ4v) is 5.04. The summed E-state index contributed by atoms with van der Waals surface area (Å²) < 4.78 is 96.8. The molecular weight excluding hydrogens is 680 g/mol. The average Bonchev–Trinajstić information content (AvgIpc) is 3.91. The quantitative estimate of drug-likeness (QED) is 0.109. The van der Waals surface area contributed by atoms with E-state index in [1.54, 1.807) is 65.1 Å². The third kappa shape index (κ3) is 8.35. The van der Waals surface area contributed by atoms with Crippen LogP contribution >= 0.6 is 0 Å². The fourth-order valence-electron chi connectivity index (χ4n) is 5.04. The molecule has 6 aromatic rings. The van der Waals surface area contributed by atoms with E-state index in [2.05, 4.69) is 10.6 Å². The normalized spacial score (nSPS) is 13.1. The number of hydrogen-bond acceptors (Lipinski definition) is 8. The van der Waals surface area contributed by atoms with Crippen molar-refractivity contribution in [1.82, 2.24) is 15.5 Å². The molecule has 0 fully saturated rings. The van der Waals surface area contributed by atoms with Crippen LogP contribution in [-0.2, 0) is 6.42 Å². The van der Waals surface area contributed by atoms with Gasteiger partial charge in [0, 0.05) is 17.5 Å². The number of likely N-dealkylation sites (N-methyl/N-ethyl adjacent to an activating group) is 3. The number of nitrogens with one attached hydrogen (secondary N) is 2. The van der Waals surface area contributed by atoms with Crippen LogP contribution < -0.4 is 10.6 Å². The molecule has 0 aliphatic rings. The second-order valence-corrected chi connectivity index (χ2v) is 11.9. The highest BCUT2D eigenvalue weighted by atomic mass is 19.1. The van der Waals surface area contributed by atoms with E-state index in [1.807, 2.05) is 0 Å². The molecule has 3 aromatic heterocycles. The Balaban J connectivity index is 0.000000172. The number of ketones is 2. The molecule has 0 saturated heterocycles.